The predicted octanol–water partition coefficient (Wildman–Crippen LogP) is 2.85. The lowest BCUT2D eigenvalue weighted by molar-refractivity contribution is 0.238. The van der Waals surface area contributed by atoms with E-state index in [-0.39, 0.29) is 12.1 Å². The van der Waals surface area contributed by atoms with Gasteiger partial charge >= 0.3 is 6.03 Å². The molecule has 3 rings (SSSR count). The summed E-state index contributed by atoms with van der Waals surface area (Å²) in [5, 5.41) is 10.2. The molecule has 26 heavy (non-hydrogen) atoms. The molecule has 0 saturated heterocycles. The van der Waals surface area contributed by atoms with Gasteiger partial charge in [0, 0.05) is 17.9 Å². The zero-order valence-electron chi connectivity index (χ0n) is 15.1. The van der Waals surface area contributed by atoms with Crippen molar-refractivity contribution in [2.45, 2.75) is 33.4 Å². The van der Waals surface area contributed by atoms with E-state index in [0.29, 0.717) is 6.54 Å². The van der Waals surface area contributed by atoms with E-state index in [1.54, 1.807) is 17.1 Å². The van der Waals surface area contributed by atoms with Gasteiger partial charge in [0.05, 0.1) is 35.5 Å². The standard InChI is InChI=1S/C19H22N6O/c1-13(2)23-19(26)22-11-15-10-18(17-6-4-5-9-20-17)25(24-15)16-8-7-14(3)21-12-16/h4-10,12-13H,11H2,1-3H3,(H2,22,23,26). The summed E-state index contributed by atoms with van der Waals surface area (Å²) < 4.78 is 1.80. The van der Waals surface area contributed by atoms with E-state index in [4.69, 9.17) is 0 Å². The molecule has 7 nitrogen and oxygen atoms in total. The lowest BCUT2D eigenvalue weighted by Crippen LogP contribution is -2.39. The number of hydrogen-bond acceptors (Lipinski definition) is 4. The third kappa shape index (κ3) is 4.24. The molecule has 0 bridgehead atoms. The van der Waals surface area contributed by atoms with Gasteiger partial charge in [-0.1, -0.05) is 6.07 Å². The highest BCUT2D eigenvalue weighted by Crippen LogP contribution is 2.22. The summed E-state index contributed by atoms with van der Waals surface area (Å²) in [6.45, 7) is 6.09. The molecule has 0 aromatic carbocycles. The lowest BCUT2D eigenvalue weighted by atomic mass is 10.2. The third-order valence-electron chi connectivity index (χ3n) is 3.68. The number of carbonyl (C=O) groups is 1. The molecule has 0 atom stereocenters. The second-order valence-corrected chi connectivity index (χ2v) is 6.29. The highest BCUT2D eigenvalue weighted by Gasteiger charge is 2.13. The molecule has 0 fully saturated rings. The van der Waals surface area contributed by atoms with E-state index in [1.807, 2.05) is 57.2 Å². The van der Waals surface area contributed by atoms with Gasteiger partial charge < -0.3 is 10.6 Å². The Bertz CT molecular complexity index is 871. The molecular weight excluding hydrogens is 328 g/mol. The minimum atomic E-state index is -0.217. The maximum Gasteiger partial charge on any atom is 0.315 e. The van der Waals surface area contributed by atoms with Crippen LogP contribution < -0.4 is 10.6 Å². The number of nitrogens with zero attached hydrogens (tertiary/aromatic N) is 4. The molecule has 3 aromatic rings. The van der Waals surface area contributed by atoms with Crippen molar-refractivity contribution in [3.8, 4) is 17.1 Å². The molecule has 0 unspecified atom stereocenters. The summed E-state index contributed by atoms with van der Waals surface area (Å²) in [4.78, 5) is 20.6. The van der Waals surface area contributed by atoms with Crippen molar-refractivity contribution in [2.24, 2.45) is 0 Å². The normalized spacial score (nSPS) is 10.8. The Morgan fingerprint density at radius 1 is 1.19 bits per heavy atom. The molecule has 2 amide bonds. The molecule has 2 N–H and O–H groups in total. The van der Waals surface area contributed by atoms with E-state index >= 15 is 0 Å². The van der Waals surface area contributed by atoms with Gasteiger partial charge in [-0.25, -0.2) is 9.48 Å². The Morgan fingerprint density at radius 3 is 2.69 bits per heavy atom. The summed E-state index contributed by atoms with van der Waals surface area (Å²) in [5.74, 6) is 0. The second-order valence-electron chi connectivity index (χ2n) is 6.29. The fourth-order valence-electron chi connectivity index (χ4n) is 2.48. The number of pyridine rings is 2. The van der Waals surface area contributed by atoms with Crippen molar-refractivity contribution in [2.75, 3.05) is 0 Å². The molecule has 0 saturated carbocycles. The molecule has 3 heterocycles. The Labute approximate surface area is 152 Å². The number of carbonyl (C=O) groups excluding carboxylic acids is 1. The monoisotopic (exact) mass is 350 g/mol. The number of rotatable bonds is 5. The average molecular weight is 350 g/mol. The Kier molecular flexibility index (Phi) is 5.26. The molecule has 0 spiro atoms. The van der Waals surface area contributed by atoms with Crippen LogP contribution >= 0.6 is 0 Å². The van der Waals surface area contributed by atoms with Crippen LogP contribution in [-0.4, -0.2) is 31.8 Å². The van der Waals surface area contributed by atoms with Crippen LogP contribution in [0.25, 0.3) is 17.1 Å². The van der Waals surface area contributed by atoms with E-state index in [0.717, 1.165) is 28.5 Å². The van der Waals surface area contributed by atoms with Gasteiger partial charge in [0.25, 0.3) is 0 Å². The van der Waals surface area contributed by atoms with Gasteiger partial charge in [0.15, 0.2) is 0 Å². The molecule has 134 valence electrons. The number of aromatic nitrogens is 4. The van der Waals surface area contributed by atoms with Crippen LogP contribution in [-0.2, 0) is 6.54 Å². The van der Waals surface area contributed by atoms with Crippen LogP contribution in [0.2, 0.25) is 0 Å². The third-order valence-corrected chi connectivity index (χ3v) is 3.68. The summed E-state index contributed by atoms with van der Waals surface area (Å²) >= 11 is 0. The summed E-state index contributed by atoms with van der Waals surface area (Å²) in [5.41, 5.74) is 4.17. The minimum Gasteiger partial charge on any atom is -0.336 e. The molecule has 7 heteroatoms. The van der Waals surface area contributed by atoms with Crippen molar-refractivity contribution in [3.05, 3.63) is 60.2 Å². The van der Waals surface area contributed by atoms with Gasteiger partial charge in [-0.3, -0.25) is 9.97 Å². The molecule has 0 aliphatic carbocycles. The van der Waals surface area contributed by atoms with Gasteiger partial charge in [-0.15, -0.1) is 0 Å². The van der Waals surface area contributed by atoms with Crippen molar-refractivity contribution < 1.29 is 4.79 Å². The number of nitrogens with one attached hydrogen (secondary N) is 2. The van der Waals surface area contributed by atoms with Crippen molar-refractivity contribution in [3.63, 3.8) is 0 Å². The summed E-state index contributed by atoms with van der Waals surface area (Å²) in [7, 11) is 0. The molecule has 3 aromatic heterocycles. The van der Waals surface area contributed by atoms with Crippen LogP contribution in [0, 0.1) is 6.92 Å². The first-order chi connectivity index (χ1) is 12.5. The average Bonchev–Trinajstić information content (AvgIpc) is 3.05. The fourth-order valence-corrected chi connectivity index (χ4v) is 2.48. The molecule has 0 aliphatic rings. The SMILES string of the molecule is Cc1ccc(-n2nc(CNC(=O)NC(C)C)cc2-c2ccccn2)cn1. The first-order valence-electron chi connectivity index (χ1n) is 8.50. The van der Waals surface area contributed by atoms with Crippen LogP contribution in [0.1, 0.15) is 25.2 Å². The molecule has 0 radical (unpaired) electrons. The quantitative estimate of drug-likeness (QED) is 0.741. The number of hydrogen-bond donors (Lipinski definition) is 2. The van der Waals surface area contributed by atoms with Crippen LogP contribution in [0.15, 0.2) is 48.8 Å². The minimum absolute atomic E-state index is 0.0790. The van der Waals surface area contributed by atoms with E-state index in [1.165, 1.54) is 0 Å². The number of amides is 2. The van der Waals surface area contributed by atoms with Crippen molar-refractivity contribution >= 4 is 6.03 Å². The highest BCUT2D eigenvalue weighted by molar-refractivity contribution is 5.74. The van der Waals surface area contributed by atoms with E-state index in [2.05, 4.69) is 25.7 Å². The van der Waals surface area contributed by atoms with E-state index in [9.17, 15) is 4.79 Å². The zero-order chi connectivity index (χ0) is 18.5. The predicted molar refractivity (Wildman–Crippen MR) is 99.8 cm³/mol. The van der Waals surface area contributed by atoms with Crippen molar-refractivity contribution in [1.82, 2.24) is 30.4 Å². The topological polar surface area (TPSA) is 84.7 Å². The maximum atomic E-state index is 11.8. The Balaban J connectivity index is 1.90. The van der Waals surface area contributed by atoms with Gasteiger partial charge in [0.1, 0.15) is 0 Å². The smallest absolute Gasteiger partial charge is 0.315 e. The maximum absolute atomic E-state index is 11.8. The largest absolute Gasteiger partial charge is 0.336 e. The van der Waals surface area contributed by atoms with Crippen LogP contribution in [0.5, 0.6) is 0 Å². The number of urea groups is 1. The van der Waals surface area contributed by atoms with Gasteiger partial charge in [-0.2, -0.15) is 5.10 Å². The second kappa shape index (κ2) is 7.77. The Morgan fingerprint density at radius 2 is 2.04 bits per heavy atom. The summed E-state index contributed by atoms with van der Waals surface area (Å²) in [6, 6.07) is 11.4. The van der Waals surface area contributed by atoms with Crippen molar-refractivity contribution in [1.29, 1.82) is 0 Å². The first-order valence-corrected chi connectivity index (χ1v) is 8.50. The van der Waals surface area contributed by atoms with Gasteiger partial charge in [0.2, 0.25) is 0 Å². The lowest BCUT2D eigenvalue weighted by Gasteiger charge is -2.08. The number of aryl methyl sites for hydroxylation is 1. The summed E-state index contributed by atoms with van der Waals surface area (Å²) in [6.07, 6.45) is 3.52. The van der Waals surface area contributed by atoms with Gasteiger partial charge in [-0.05, 0) is 51.1 Å². The highest BCUT2D eigenvalue weighted by atomic mass is 16.2. The fraction of sp³-hybridized carbons (Fsp3) is 0.263. The van der Waals surface area contributed by atoms with Crippen LogP contribution in [0.4, 0.5) is 4.79 Å². The first kappa shape index (κ1) is 17.6. The zero-order valence-corrected chi connectivity index (χ0v) is 15.1. The Hall–Kier alpha value is -3.22. The molecule has 0 aliphatic heterocycles. The van der Waals surface area contributed by atoms with Crippen LogP contribution in [0.3, 0.4) is 0 Å². The molecular formula is C19H22N6O. The van der Waals surface area contributed by atoms with E-state index < -0.39 is 0 Å².